The van der Waals surface area contributed by atoms with Gasteiger partial charge < -0.3 is 9.47 Å². The van der Waals surface area contributed by atoms with Gasteiger partial charge in [-0.25, -0.2) is 0 Å². The third-order valence-electron chi connectivity index (χ3n) is 11.6. The highest BCUT2D eigenvalue weighted by Crippen LogP contribution is 2.46. The fourth-order valence-corrected chi connectivity index (χ4v) is 9.25. The largest absolute Gasteiger partial charge is 0.362 e. The Morgan fingerprint density at radius 3 is 1.92 bits per heavy atom. The molecule has 0 atom stereocenters. The van der Waals surface area contributed by atoms with Crippen molar-refractivity contribution in [3.8, 4) is 11.1 Å². The summed E-state index contributed by atoms with van der Waals surface area (Å²) in [4.78, 5) is 5.32. The molecule has 3 nitrogen and oxygen atoms in total. The first-order chi connectivity index (χ1) is 23.8. The van der Waals surface area contributed by atoms with Crippen LogP contribution in [0.25, 0.3) is 54.5 Å². The molecule has 0 unspecified atom stereocenters. The molecule has 0 radical (unpaired) electrons. The molecule has 0 aliphatic carbocycles. The van der Waals surface area contributed by atoms with Crippen LogP contribution in [0.1, 0.15) is 77.6 Å². The topological polar surface area (TPSA) is 11.4 Å². The van der Waals surface area contributed by atoms with Crippen molar-refractivity contribution in [1.82, 2.24) is 9.47 Å². The zero-order chi connectivity index (χ0) is 34.7. The first kappa shape index (κ1) is 31.4. The van der Waals surface area contributed by atoms with Crippen molar-refractivity contribution >= 4 is 49.0 Å². The fourth-order valence-electron chi connectivity index (χ4n) is 9.25. The molecule has 3 heterocycles. The molecule has 7 aromatic rings. The first-order valence-corrected chi connectivity index (χ1v) is 18.4. The highest BCUT2D eigenvalue weighted by molar-refractivity contribution is 6.10. The summed E-state index contributed by atoms with van der Waals surface area (Å²) in [6.45, 7) is 21.8. The second kappa shape index (κ2) is 10.7. The van der Waals surface area contributed by atoms with E-state index in [2.05, 4.69) is 173 Å². The zero-order valence-electron chi connectivity index (χ0n) is 31.0. The molecule has 252 valence electrons. The molecule has 0 spiro atoms. The molecule has 6 aromatic carbocycles. The predicted octanol–water partition coefficient (Wildman–Crippen LogP) is 12.0. The van der Waals surface area contributed by atoms with E-state index in [1.54, 1.807) is 0 Å². The molecule has 0 amide bonds. The Morgan fingerprint density at radius 1 is 0.520 bits per heavy atom. The van der Waals surface area contributed by atoms with Crippen molar-refractivity contribution in [1.29, 1.82) is 0 Å². The quantitative estimate of drug-likeness (QED) is 0.187. The van der Waals surface area contributed by atoms with E-state index in [1.165, 1.54) is 82.4 Å². The molecular weight excluding hydrogens is 607 g/mol. The second-order valence-corrected chi connectivity index (χ2v) is 17.6. The van der Waals surface area contributed by atoms with Gasteiger partial charge in [0.1, 0.15) is 0 Å². The summed E-state index contributed by atoms with van der Waals surface area (Å²) in [5, 5.41) is 8.26. The maximum Gasteiger partial charge on any atom is 0.0502 e. The average Bonchev–Trinajstić information content (AvgIpc) is 3.61. The minimum atomic E-state index is -0.0416. The number of aromatic nitrogens is 1. The predicted molar refractivity (Wildman–Crippen MR) is 214 cm³/mol. The van der Waals surface area contributed by atoms with E-state index in [9.17, 15) is 0 Å². The van der Waals surface area contributed by atoms with E-state index in [0.717, 1.165) is 26.1 Å². The number of nitrogens with zero attached hydrogens (tertiary/aromatic N) is 3. The van der Waals surface area contributed by atoms with E-state index in [4.69, 9.17) is 0 Å². The molecule has 3 heteroatoms. The minimum Gasteiger partial charge on any atom is -0.362 e. The smallest absolute Gasteiger partial charge is 0.0502 e. The fraction of sp³-hybridized carbons (Fsp3) is 0.319. The van der Waals surface area contributed by atoms with Gasteiger partial charge in [0.05, 0.1) is 5.52 Å². The van der Waals surface area contributed by atoms with Crippen molar-refractivity contribution in [3.05, 3.63) is 125 Å². The highest BCUT2D eigenvalue weighted by atomic mass is 15.2. The van der Waals surface area contributed by atoms with Gasteiger partial charge in [0, 0.05) is 63.6 Å². The Bertz CT molecular complexity index is 2460. The van der Waals surface area contributed by atoms with Crippen LogP contribution in [0.5, 0.6) is 0 Å². The Morgan fingerprint density at radius 2 is 1.22 bits per heavy atom. The van der Waals surface area contributed by atoms with E-state index in [-0.39, 0.29) is 16.6 Å². The number of fused-ring (bicyclic) bond motifs is 3. The SMILES string of the molecule is CC(C)(C)N1Cc2cc(CC(C)(C)N3Cc4cccc5cccc(c45)C3)cc3cc(-c4ccc5c6ccccc6n(C(C)(C)C)c5c4)cc1c23. The van der Waals surface area contributed by atoms with Gasteiger partial charge in [-0.05, 0) is 136 Å². The molecular formula is C47H49N3. The van der Waals surface area contributed by atoms with Crippen LogP contribution in [-0.4, -0.2) is 20.5 Å². The summed E-state index contributed by atoms with van der Waals surface area (Å²) in [5.74, 6) is 0. The average molecular weight is 656 g/mol. The van der Waals surface area contributed by atoms with Crippen LogP contribution in [0.2, 0.25) is 0 Å². The van der Waals surface area contributed by atoms with Crippen LogP contribution in [0, 0.1) is 0 Å². The summed E-state index contributed by atoms with van der Waals surface area (Å²) >= 11 is 0. The van der Waals surface area contributed by atoms with E-state index >= 15 is 0 Å². The molecule has 0 saturated heterocycles. The van der Waals surface area contributed by atoms with Gasteiger partial charge in [-0.1, -0.05) is 78.9 Å². The van der Waals surface area contributed by atoms with Gasteiger partial charge in [0.15, 0.2) is 0 Å². The lowest BCUT2D eigenvalue weighted by Crippen LogP contribution is -2.45. The van der Waals surface area contributed by atoms with Crippen molar-refractivity contribution in [3.63, 3.8) is 0 Å². The monoisotopic (exact) mass is 655 g/mol. The van der Waals surface area contributed by atoms with Crippen LogP contribution >= 0.6 is 0 Å². The van der Waals surface area contributed by atoms with Crippen LogP contribution in [0.4, 0.5) is 5.69 Å². The summed E-state index contributed by atoms with van der Waals surface area (Å²) in [6, 6.07) is 39.6. The van der Waals surface area contributed by atoms with Gasteiger partial charge in [-0.2, -0.15) is 0 Å². The summed E-state index contributed by atoms with van der Waals surface area (Å²) in [6.07, 6.45) is 1.00. The normalized spacial score (nSPS) is 15.3. The molecule has 0 bridgehead atoms. The number of para-hydroxylation sites is 1. The maximum absolute atomic E-state index is 2.69. The zero-order valence-corrected chi connectivity index (χ0v) is 31.0. The molecule has 0 fully saturated rings. The highest BCUT2D eigenvalue weighted by Gasteiger charge is 2.34. The second-order valence-electron chi connectivity index (χ2n) is 17.6. The van der Waals surface area contributed by atoms with E-state index in [0.29, 0.717) is 0 Å². The van der Waals surface area contributed by atoms with Crippen molar-refractivity contribution < 1.29 is 0 Å². The Labute approximate surface area is 297 Å². The Balaban J connectivity index is 1.15. The van der Waals surface area contributed by atoms with Gasteiger partial charge >= 0.3 is 0 Å². The van der Waals surface area contributed by atoms with E-state index in [1.807, 2.05) is 0 Å². The minimum absolute atomic E-state index is 0.00876. The summed E-state index contributed by atoms with van der Waals surface area (Å²) < 4.78 is 2.53. The van der Waals surface area contributed by atoms with Crippen LogP contribution < -0.4 is 4.90 Å². The van der Waals surface area contributed by atoms with Crippen molar-refractivity contribution in [2.75, 3.05) is 4.90 Å². The van der Waals surface area contributed by atoms with Crippen molar-refractivity contribution in [2.24, 2.45) is 0 Å². The van der Waals surface area contributed by atoms with Gasteiger partial charge in [-0.3, -0.25) is 4.90 Å². The molecule has 2 aliphatic heterocycles. The lowest BCUT2D eigenvalue weighted by atomic mass is 9.86. The maximum atomic E-state index is 2.69. The molecule has 9 rings (SSSR count). The Hall–Kier alpha value is -4.60. The number of hydrogen-bond acceptors (Lipinski definition) is 2. The Kier molecular flexibility index (Phi) is 6.72. The number of hydrogen-bond donors (Lipinski definition) is 0. The summed E-state index contributed by atoms with van der Waals surface area (Å²) in [5.41, 5.74) is 12.3. The number of anilines is 1. The van der Waals surface area contributed by atoms with Crippen LogP contribution in [0.15, 0.2) is 103 Å². The molecule has 2 aliphatic rings. The number of rotatable bonds is 4. The summed E-state index contributed by atoms with van der Waals surface area (Å²) in [7, 11) is 0. The lowest BCUT2D eigenvalue weighted by molar-refractivity contribution is 0.0993. The van der Waals surface area contributed by atoms with E-state index < -0.39 is 0 Å². The van der Waals surface area contributed by atoms with Gasteiger partial charge in [0.2, 0.25) is 0 Å². The third kappa shape index (κ3) is 4.88. The standard InChI is InChI=1S/C47H49N3/c1-45(2,3)49-29-37-22-30(26-47(7,8)48-27-33-15-11-13-31-14-12-16-34(28-48)43(31)33)21-36-23-35(25-42(49)44(36)37)32-19-20-39-38-17-9-10-18-40(38)50(41(39)24-32)46(4,5)6/h9-25H,26-29H2,1-8H3. The van der Waals surface area contributed by atoms with Crippen molar-refractivity contribution in [2.45, 2.75) is 98.1 Å². The molecule has 1 aromatic heterocycles. The molecule has 50 heavy (non-hydrogen) atoms. The van der Waals surface area contributed by atoms with Gasteiger partial charge in [0.25, 0.3) is 0 Å². The van der Waals surface area contributed by atoms with Gasteiger partial charge in [-0.15, -0.1) is 0 Å². The van der Waals surface area contributed by atoms with Crippen LogP contribution in [0.3, 0.4) is 0 Å². The molecule has 0 saturated carbocycles. The van der Waals surface area contributed by atoms with Crippen LogP contribution in [-0.2, 0) is 31.6 Å². The third-order valence-corrected chi connectivity index (χ3v) is 11.6. The number of benzene rings is 6. The lowest BCUT2D eigenvalue weighted by Gasteiger charge is -2.42. The first-order valence-electron chi connectivity index (χ1n) is 18.4. The molecule has 0 N–H and O–H groups in total.